The molecule has 5 rings (SSSR count). The summed E-state index contributed by atoms with van der Waals surface area (Å²) in [5, 5.41) is 10.5. The summed E-state index contributed by atoms with van der Waals surface area (Å²) >= 11 is 0. The zero-order chi connectivity index (χ0) is 19.4. The maximum Gasteiger partial charge on any atom is 0.326 e. The molecule has 140 valence electrons. The Bertz CT molecular complexity index is 877. The van der Waals surface area contributed by atoms with E-state index >= 15 is 0 Å². The van der Waals surface area contributed by atoms with Gasteiger partial charge < -0.3 is 5.53 Å². The number of ketones is 2. The van der Waals surface area contributed by atoms with Crippen molar-refractivity contribution < 1.29 is 23.9 Å². The normalized spacial score (nSPS) is 40.4. The molecule has 1 saturated heterocycles. The van der Waals surface area contributed by atoms with Crippen molar-refractivity contribution in [1.82, 2.24) is 10.0 Å². The van der Waals surface area contributed by atoms with Crippen molar-refractivity contribution >= 4 is 34.8 Å². The van der Waals surface area contributed by atoms with Gasteiger partial charge in [0.25, 0.3) is 11.8 Å². The van der Waals surface area contributed by atoms with Crippen molar-refractivity contribution in [2.24, 2.45) is 15.6 Å². The summed E-state index contributed by atoms with van der Waals surface area (Å²) in [7, 11) is 0. The van der Waals surface area contributed by atoms with Crippen LogP contribution in [0.2, 0.25) is 0 Å². The lowest BCUT2D eigenvalue weighted by atomic mass is 9.59. The Kier molecular flexibility index (Phi) is 2.76. The smallest absolute Gasteiger partial charge is 0.326 e. The van der Waals surface area contributed by atoms with E-state index in [9.17, 15) is 24.7 Å². The molecule has 3 heterocycles. The monoisotopic (exact) mass is 370 g/mol. The maximum atomic E-state index is 13.0. The third kappa shape index (κ3) is 1.37. The van der Waals surface area contributed by atoms with Gasteiger partial charge in [-0.25, -0.2) is 0 Å². The number of Topliss-reactive ketones (excluding diaryl/α,β-unsaturated/α-hetero) is 2. The number of rotatable bonds is 2. The number of carbonyl (C=O) groups is 4. The van der Waals surface area contributed by atoms with E-state index in [0.29, 0.717) is 16.1 Å². The number of carbonyl (C=O) groups excluding carboxylic acids is 4. The van der Waals surface area contributed by atoms with Gasteiger partial charge in [0.05, 0.1) is 12.8 Å². The van der Waals surface area contributed by atoms with Gasteiger partial charge in [-0.2, -0.15) is 20.2 Å². The largest absolute Gasteiger partial charge is 0.502 e. The topological polar surface area (TPSA) is 125 Å². The average molecular weight is 370 g/mol. The van der Waals surface area contributed by atoms with Crippen LogP contribution < -0.4 is 0 Å². The molecule has 0 N–H and O–H groups in total. The molecule has 2 saturated carbocycles. The van der Waals surface area contributed by atoms with Crippen molar-refractivity contribution in [3.8, 4) is 0 Å². The van der Waals surface area contributed by atoms with Crippen molar-refractivity contribution in [3.05, 3.63) is 5.53 Å². The zero-order valence-corrected chi connectivity index (χ0v) is 15.1. The summed E-state index contributed by atoms with van der Waals surface area (Å²) in [4.78, 5) is 51.2. The lowest BCUT2D eigenvalue weighted by Crippen LogP contribution is -2.90. The highest BCUT2D eigenvalue weighted by Gasteiger charge is 2.98. The molecule has 0 bridgehead atoms. The first-order valence-corrected chi connectivity index (χ1v) is 9.03. The molecular weight excluding hydrogens is 352 g/mol. The molecule has 1 spiro atoms. The lowest BCUT2D eigenvalue weighted by molar-refractivity contribution is -0.804. The third-order valence-electron chi connectivity index (χ3n) is 6.72. The van der Waals surface area contributed by atoms with Gasteiger partial charge in [0.15, 0.2) is 5.41 Å². The summed E-state index contributed by atoms with van der Waals surface area (Å²) in [5.41, 5.74) is 7.67. The second kappa shape index (κ2) is 4.55. The molecule has 10 heteroatoms. The molecule has 2 unspecified atom stereocenters. The van der Waals surface area contributed by atoms with Crippen molar-refractivity contribution in [3.63, 3.8) is 0 Å². The lowest BCUT2D eigenvalue weighted by Gasteiger charge is -2.62. The van der Waals surface area contributed by atoms with Crippen molar-refractivity contribution in [2.75, 3.05) is 0 Å². The molecule has 0 aromatic carbocycles. The first-order chi connectivity index (χ1) is 12.7. The van der Waals surface area contributed by atoms with Crippen LogP contribution in [0.25, 0.3) is 5.53 Å². The van der Waals surface area contributed by atoms with Gasteiger partial charge in [-0.1, -0.05) is 0 Å². The molecule has 2 aliphatic carbocycles. The number of nitrogens with zero attached hydrogens (tertiary/aromatic N) is 6. The predicted octanol–water partition coefficient (Wildman–Crippen LogP) is 0.355. The van der Waals surface area contributed by atoms with Gasteiger partial charge in [0.1, 0.15) is 0 Å². The first-order valence-electron chi connectivity index (χ1n) is 9.03. The van der Waals surface area contributed by atoms with Crippen LogP contribution >= 0.6 is 0 Å². The summed E-state index contributed by atoms with van der Waals surface area (Å²) < 4.78 is 0.616. The van der Waals surface area contributed by atoms with E-state index in [1.54, 1.807) is 13.8 Å². The van der Waals surface area contributed by atoms with Crippen LogP contribution in [0.3, 0.4) is 0 Å². The van der Waals surface area contributed by atoms with Crippen LogP contribution in [0, 0.1) is 5.41 Å². The fourth-order valence-electron chi connectivity index (χ4n) is 5.86. The van der Waals surface area contributed by atoms with Crippen molar-refractivity contribution in [1.29, 1.82) is 0 Å². The van der Waals surface area contributed by atoms with Gasteiger partial charge in [-0.3, -0.25) is 23.9 Å². The first kappa shape index (κ1) is 16.4. The fraction of sp³-hybridized carbons (Fsp3) is 0.647. The Hall–Kier alpha value is -2.78. The van der Waals surface area contributed by atoms with E-state index in [4.69, 9.17) is 0 Å². The summed E-state index contributed by atoms with van der Waals surface area (Å²) in [6, 6.07) is 0. The molecule has 10 nitrogen and oxygen atoms in total. The Labute approximate surface area is 154 Å². The second-order valence-corrected chi connectivity index (χ2v) is 8.02. The predicted molar refractivity (Wildman–Crippen MR) is 89.1 cm³/mol. The maximum absolute atomic E-state index is 13.0. The summed E-state index contributed by atoms with van der Waals surface area (Å²) in [5.74, 6) is -1.54. The van der Waals surface area contributed by atoms with E-state index in [1.165, 1.54) is 0 Å². The number of hydrogen-bond acceptors (Lipinski definition) is 6. The van der Waals surface area contributed by atoms with Crippen LogP contribution in [-0.4, -0.2) is 60.8 Å². The number of amides is 2. The van der Waals surface area contributed by atoms with Crippen LogP contribution in [0.5, 0.6) is 0 Å². The van der Waals surface area contributed by atoms with E-state index in [2.05, 4.69) is 10.2 Å². The van der Waals surface area contributed by atoms with Gasteiger partial charge in [0.2, 0.25) is 11.6 Å². The Morgan fingerprint density at radius 1 is 0.852 bits per heavy atom. The van der Waals surface area contributed by atoms with E-state index < -0.39 is 28.6 Å². The number of hydrogen-bond donors (Lipinski definition) is 0. The Morgan fingerprint density at radius 3 is 1.59 bits per heavy atom. The highest BCUT2D eigenvalue weighted by molar-refractivity contribution is 6.10. The van der Waals surface area contributed by atoms with E-state index in [-0.39, 0.29) is 50.1 Å². The van der Waals surface area contributed by atoms with Gasteiger partial charge in [0, 0.05) is 24.3 Å². The van der Waals surface area contributed by atoms with Gasteiger partial charge in [-0.15, -0.1) is 0 Å². The molecular formula is C17H18N6O4. The molecule has 3 aliphatic heterocycles. The molecule has 5 aliphatic rings. The standard InChI is InChI=1S/C17H18N6O4/c1-9-7-13(26)21(19-9)16-11(24)3-5-15(16)6-4-12(25)17(15,23(16)18)22-14(27)8-10(2)20-22/h3-8H2,1-2H3. The van der Waals surface area contributed by atoms with Crippen molar-refractivity contribution in [2.45, 2.75) is 63.7 Å². The summed E-state index contributed by atoms with van der Waals surface area (Å²) in [6.45, 7) is 3.34. The van der Waals surface area contributed by atoms with E-state index in [1.807, 2.05) is 0 Å². The van der Waals surface area contributed by atoms with Crippen LogP contribution in [0.15, 0.2) is 10.2 Å². The second-order valence-electron chi connectivity index (χ2n) is 8.02. The zero-order valence-electron chi connectivity index (χ0n) is 15.1. The molecule has 0 radical (unpaired) electrons. The SMILES string of the molecule is CC1=NN(C23C(=O)CCC24CCC(=O)C4(N2N=C(C)CC2=O)[N+]3=[N-])C(=O)C1. The highest BCUT2D eigenvalue weighted by Crippen LogP contribution is 2.72. The summed E-state index contributed by atoms with van der Waals surface area (Å²) in [6.07, 6.45) is 0.862. The van der Waals surface area contributed by atoms with Gasteiger partial charge in [-0.05, 0) is 26.7 Å². The highest BCUT2D eigenvalue weighted by atomic mass is 16.2. The molecule has 2 amide bonds. The third-order valence-corrected chi connectivity index (χ3v) is 6.72. The van der Waals surface area contributed by atoms with Crippen LogP contribution in [0.1, 0.15) is 52.4 Å². The Balaban J connectivity index is 1.75. The average Bonchev–Trinajstić information content (AvgIpc) is 3.26. The minimum Gasteiger partial charge on any atom is -0.502 e. The van der Waals surface area contributed by atoms with Gasteiger partial charge >= 0.3 is 11.3 Å². The fourth-order valence-corrected chi connectivity index (χ4v) is 5.86. The van der Waals surface area contributed by atoms with Crippen LogP contribution in [-0.2, 0) is 19.2 Å². The Morgan fingerprint density at radius 2 is 1.26 bits per heavy atom. The molecule has 0 aromatic rings. The molecule has 2 atom stereocenters. The minimum atomic E-state index is -1.75. The molecule has 0 aromatic heterocycles. The molecule has 27 heavy (non-hydrogen) atoms. The quantitative estimate of drug-likeness (QED) is 0.650. The van der Waals surface area contributed by atoms with Crippen LogP contribution in [0.4, 0.5) is 0 Å². The molecule has 3 fully saturated rings. The minimum absolute atomic E-state index is 0.0554. The van der Waals surface area contributed by atoms with E-state index in [0.717, 1.165) is 10.0 Å². The number of hydrazone groups is 2.